The molecule has 0 bridgehead atoms. The predicted molar refractivity (Wildman–Crippen MR) is 60.9 cm³/mol. The standard InChI is InChI=1S/C12H15N3/c1-8-5-13-6-10-12(8)9-3-4-15(2)7-11(9)14-10/h5-6,14H,3-4,7H2,1-2H3. The van der Waals surface area contributed by atoms with Crippen LogP contribution in [0.2, 0.25) is 0 Å². The molecule has 1 N–H and O–H groups in total. The average molecular weight is 201 g/mol. The fraction of sp³-hybridized carbons (Fsp3) is 0.417. The fourth-order valence-electron chi connectivity index (χ4n) is 2.51. The maximum Gasteiger partial charge on any atom is 0.0648 e. The van der Waals surface area contributed by atoms with Gasteiger partial charge in [0.05, 0.1) is 11.7 Å². The van der Waals surface area contributed by atoms with E-state index in [2.05, 4.69) is 28.8 Å². The Bertz CT molecular complexity index is 513. The van der Waals surface area contributed by atoms with Crippen LogP contribution in [0.25, 0.3) is 10.9 Å². The maximum atomic E-state index is 4.23. The van der Waals surface area contributed by atoms with E-state index in [1.54, 1.807) is 0 Å². The van der Waals surface area contributed by atoms with E-state index in [9.17, 15) is 0 Å². The van der Waals surface area contributed by atoms with Gasteiger partial charge in [-0.15, -0.1) is 0 Å². The van der Waals surface area contributed by atoms with Crippen LogP contribution in [0.15, 0.2) is 12.4 Å². The Balaban J connectivity index is 2.29. The van der Waals surface area contributed by atoms with Crippen molar-refractivity contribution < 1.29 is 0 Å². The third kappa shape index (κ3) is 1.27. The molecule has 0 aromatic carbocycles. The lowest BCUT2D eigenvalue weighted by atomic mass is 10.0. The molecule has 2 aromatic rings. The van der Waals surface area contributed by atoms with Crippen LogP contribution < -0.4 is 0 Å². The number of nitrogens with zero attached hydrogens (tertiary/aromatic N) is 2. The van der Waals surface area contributed by atoms with Gasteiger partial charge in [-0.25, -0.2) is 0 Å². The van der Waals surface area contributed by atoms with E-state index in [1.807, 2.05) is 12.4 Å². The van der Waals surface area contributed by atoms with Crippen molar-refractivity contribution in [3.8, 4) is 0 Å². The summed E-state index contributed by atoms with van der Waals surface area (Å²) >= 11 is 0. The number of H-pyrrole nitrogens is 1. The van der Waals surface area contributed by atoms with Crippen LogP contribution in [0.5, 0.6) is 0 Å². The minimum atomic E-state index is 1.03. The molecule has 0 saturated heterocycles. The average Bonchev–Trinajstić information content (AvgIpc) is 2.56. The minimum absolute atomic E-state index is 1.03. The number of rotatable bonds is 0. The van der Waals surface area contributed by atoms with E-state index >= 15 is 0 Å². The van der Waals surface area contributed by atoms with Gasteiger partial charge in [0.15, 0.2) is 0 Å². The minimum Gasteiger partial charge on any atom is -0.356 e. The summed E-state index contributed by atoms with van der Waals surface area (Å²) in [4.78, 5) is 10.1. The highest BCUT2D eigenvalue weighted by atomic mass is 15.1. The third-order valence-electron chi connectivity index (χ3n) is 3.26. The first-order chi connectivity index (χ1) is 7.25. The number of aromatic amines is 1. The first kappa shape index (κ1) is 8.92. The first-order valence-corrected chi connectivity index (χ1v) is 5.38. The lowest BCUT2D eigenvalue weighted by molar-refractivity contribution is 0.310. The monoisotopic (exact) mass is 201 g/mol. The van der Waals surface area contributed by atoms with Crippen molar-refractivity contribution in [2.45, 2.75) is 19.9 Å². The fourth-order valence-corrected chi connectivity index (χ4v) is 2.51. The van der Waals surface area contributed by atoms with Gasteiger partial charge < -0.3 is 9.88 Å². The zero-order valence-electron chi connectivity index (χ0n) is 9.17. The number of pyridine rings is 1. The van der Waals surface area contributed by atoms with Gasteiger partial charge in [-0.1, -0.05) is 0 Å². The number of aryl methyl sites for hydroxylation is 1. The second-order valence-electron chi connectivity index (χ2n) is 4.45. The van der Waals surface area contributed by atoms with Crippen LogP contribution in [-0.4, -0.2) is 28.5 Å². The molecule has 0 radical (unpaired) electrons. The SMILES string of the molecule is Cc1cncc2[nH]c3c(c12)CCN(C)C3. The van der Waals surface area contributed by atoms with Crippen molar-refractivity contribution in [2.24, 2.45) is 0 Å². The van der Waals surface area contributed by atoms with Crippen LogP contribution in [-0.2, 0) is 13.0 Å². The number of hydrogen-bond donors (Lipinski definition) is 1. The smallest absolute Gasteiger partial charge is 0.0648 e. The van der Waals surface area contributed by atoms with Crippen molar-refractivity contribution in [1.29, 1.82) is 0 Å². The Kier molecular flexibility index (Phi) is 1.83. The van der Waals surface area contributed by atoms with E-state index in [4.69, 9.17) is 0 Å². The van der Waals surface area contributed by atoms with E-state index < -0.39 is 0 Å². The molecule has 0 amide bonds. The normalized spacial score (nSPS) is 16.9. The van der Waals surface area contributed by atoms with Gasteiger partial charge in [0.25, 0.3) is 0 Å². The summed E-state index contributed by atoms with van der Waals surface area (Å²) < 4.78 is 0. The number of fused-ring (bicyclic) bond motifs is 3. The molecule has 3 heteroatoms. The summed E-state index contributed by atoms with van der Waals surface area (Å²) in [5.74, 6) is 0. The molecule has 0 spiro atoms. The van der Waals surface area contributed by atoms with Crippen molar-refractivity contribution >= 4 is 10.9 Å². The third-order valence-corrected chi connectivity index (χ3v) is 3.26. The Morgan fingerprint density at radius 2 is 2.27 bits per heavy atom. The first-order valence-electron chi connectivity index (χ1n) is 5.38. The Hall–Kier alpha value is -1.35. The lowest BCUT2D eigenvalue weighted by Gasteiger charge is -2.22. The molecule has 3 nitrogen and oxygen atoms in total. The van der Waals surface area contributed by atoms with Gasteiger partial charge in [-0.05, 0) is 31.5 Å². The van der Waals surface area contributed by atoms with Crippen LogP contribution in [0.3, 0.4) is 0 Å². The molecule has 0 atom stereocenters. The zero-order valence-corrected chi connectivity index (χ0v) is 9.17. The van der Waals surface area contributed by atoms with Crippen molar-refractivity contribution in [1.82, 2.24) is 14.9 Å². The van der Waals surface area contributed by atoms with Crippen molar-refractivity contribution in [3.05, 3.63) is 29.2 Å². The molecule has 78 valence electrons. The molecule has 0 fully saturated rings. The predicted octanol–water partition coefficient (Wildman–Crippen LogP) is 1.86. The molecule has 15 heavy (non-hydrogen) atoms. The second-order valence-corrected chi connectivity index (χ2v) is 4.45. The largest absolute Gasteiger partial charge is 0.356 e. The van der Waals surface area contributed by atoms with E-state index in [0.717, 1.165) is 19.5 Å². The molecule has 1 aliphatic heterocycles. The van der Waals surface area contributed by atoms with E-state index in [0.29, 0.717) is 0 Å². The summed E-state index contributed by atoms with van der Waals surface area (Å²) in [5, 5.41) is 1.40. The molecule has 0 unspecified atom stereocenters. The molecule has 3 heterocycles. The highest BCUT2D eigenvalue weighted by molar-refractivity contribution is 5.87. The molecular weight excluding hydrogens is 186 g/mol. The Labute approximate surface area is 89.1 Å². The highest BCUT2D eigenvalue weighted by Crippen LogP contribution is 2.28. The summed E-state index contributed by atoms with van der Waals surface area (Å²) in [5.41, 5.74) is 5.35. The maximum absolute atomic E-state index is 4.23. The number of hydrogen-bond acceptors (Lipinski definition) is 2. The lowest BCUT2D eigenvalue weighted by Crippen LogP contribution is -2.26. The van der Waals surface area contributed by atoms with Gasteiger partial charge in [-0.3, -0.25) is 4.98 Å². The highest BCUT2D eigenvalue weighted by Gasteiger charge is 2.18. The molecular formula is C12H15N3. The van der Waals surface area contributed by atoms with Crippen LogP contribution in [0.4, 0.5) is 0 Å². The van der Waals surface area contributed by atoms with Gasteiger partial charge >= 0.3 is 0 Å². The quantitative estimate of drug-likeness (QED) is 0.705. The van der Waals surface area contributed by atoms with Crippen LogP contribution in [0, 0.1) is 6.92 Å². The van der Waals surface area contributed by atoms with Crippen molar-refractivity contribution in [3.63, 3.8) is 0 Å². The molecule has 3 rings (SSSR count). The number of likely N-dealkylation sites (N-methyl/N-ethyl adjacent to an activating group) is 1. The Morgan fingerprint density at radius 3 is 3.13 bits per heavy atom. The number of aromatic nitrogens is 2. The van der Waals surface area contributed by atoms with Crippen LogP contribution in [0.1, 0.15) is 16.8 Å². The molecule has 0 saturated carbocycles. The van der Waals surface area contributed by atoms with Gasteiger partial charge in [0.2, 0.25) is 0 Å². The van der Waals surface area contributed by atoms with Gasteiger partial charge in [-0.2, -0.15) is 0 Å². The molecule has 2 aromatic heterocycles. The second kappa shape index (κ2) is 3.07. The number of nitrogens with one attached hydrogen (secondary N) is 1. The summed E-state index contributed by atoms with van der Waals surface area (Å²) in [6, 6.07) is 0. The van der Waals surface area contributed by atoms with E-state index in [1.165, 1.54) is 27.7 Å². The summed E-state index contributed by atoms with van der Waals surface area (Å²) in [6.45, 7) is 4.33. The molecule has 1 aliphatic rings. The Morgan fingerprint density at radius 1 is 1.40 bits per heavy atom. The van der Waals surface area contributed by atoms with E-state index in [-0.39, 0.29) is 0 Å². The summed E-state index contributed by atoms with van der Waals surface area (Å²) in [7, 11) is 2.17. The molecule has 0 aliphatic carbocycles. The van der Waals surface area contributed by atoms with Gasteiger partial charge in [0, 0.05) is 30.4 Å². The van der Waals surface area contributed by atoms with Crippen LogP contribution >= 0.6 is 0 Å². The van der Waals surface area contributed by atoms with Crippen molar-refractivity contribution in [2.75, 3.05) is 13.6 Å². The zero-order chi connectivity index (χ0) is 10.4. The summed E-state index contributed by atoms with van der Waals surface area (Å²) in [6.07, 6.45) is 5.03. The topological polar surface area (TPSA) is 31.9 Å². The van der Waals surface area contributed by atoms with Gasteiger partial charge in [0.1, 0.15) is 0 Å².